The standard InChI is InChI=1S/C18H21FN6OS/c1-10-15(11(2)25(5)23-10)20-17(26)12(3)27-18-22-21-16(24(18)4)13-8-6-7-9-14(13)19/h6-9,12H,1-5H3,(H,20,26)/t12-/m0/s1. The Labute approximate surface area is 161 Å². The molecule has 1 atom stereocenters. The van der Waals surface area contributed by atoms with Gasteiger partial charge in [0, 0.05) is 14.1 Å². The van der Waals surface area contributed by atoms with E-state index in [0.717, 1.165) is 17.1 Å². The van der Waals surface area contributed by atoms with Crippen molar-refractivity contribution in [2.24, 2.45) is 14.1 Å². The molecule has 9 heteroatoms. The number of nitrogens with zero attached hydrogens (tertiary/aromatic N) is 5. The van der Waals surface area contributed by atoms with Crippen LogP contribution in [0.4, 0.5) is 10.1 Å². The van der Waals surface area contributed by atoms with Crippen LogP contribution in [0, 0.1) is 19.7 Å². The second-order valence-electron chi connectivity index (χ2n) is 6.26. The molecular formula is C18H21FN6OS. The number of aromatic nitrogens is 5. The van der Waals surface area contributed by atoms with E-state index in [1.54, 1.807) is 41.4 Å². The van der Waals surface area contributed by atoms with Crippen molar-refractivity contribution in [3.05, 3.63) is 41.5 Å². The zero-order valence-electron chi connectivity index (χ0n) is 15.8. The van der Waals surface area contributed by atoms with Gasteiger partial charge in [-0.15, -0.1) is 10.2 Å². The number of anilines is 1. The van der Waals surface area contributed by atoms with E-state index in [-0.39, 0.29) is 11.7 Å². The largest absolute Gasteiger partial charge is 0.322 e. The molecule has 0 aliphatic heterocycles. The Morgan fingerprint density at radius 3 is 2.56 bits per heavy atom. The van der Waals surface area contributed by atoms with Gasteiger partial charge in [0.1, 0.15) is 5.82 Å². The Balaban J connectivity index is 1.76. The number of rotatable bonds is 5. The van der Waals surface area contributed by atoms with Crippen LogP contribution in [0.2, 0.25) is 0 Å². The molecule has 3 aromatic rings. The van der Waals surface area contributed by atoms with Crippen molar-refractivity contribution in [3.8, 4) is 11.4 Å². The molecule has 0 aliphatic rings. The average Bonchev–Trinajstić information content (AvgIpc) is 3.10. The first kappa shape index (κ1) is 19.1. The van der Waals surface area contributed by atoms with Crippen LogP contribution in [0.25, 0.3) is 11.4 Å². The summed E-state index contributed by atoms with van der Waals surface area (Å²) in [6.07, 6.45) is 0. The summed E-state index contributed by atoms with van der Waals surface area (Å²) in [4.78, 5) is 12.6. The molecule has 0 spiro atoms. The highest BCUT2D eigenvalue weighted by atomic mass is 32.2. The third-order valence-electron chi connectivity index (χ3n) is 4.36. The molecule has 142 valence electrons. The molecule has 1 amide bonds. The molecular weight excluding hydrogens is 367 g/mol. The molecule has 7 nitrogen and oxygen atoms in total. The highest BCUT2D eigenvalue weighted by molar-refractivity contribution is 8.00. The predicted octanol–water partition coefficient (Wildman–Crippen LogP) is 3.09. The van der Waals surface area contributed by atoms with Crippen molar-refractivity contribution < 1.29 is 9.18 Å². The lowest BCUT2D eigenvalue weighted by Crippen LogP contribution is -2.23. The van der Waals surface area contributed by atoms with Crippen molar-refractivity contribution in [1.29, 1.82) is 0 Å². The number of benzene rings is 1. The monoisotopic (exact) mass is 388 g/mol. The zero-order valence-corrected chi connectivity index (χ0v) is 16.6. The summed E-state index contributed by atoms with van der Waals surface area (Å²) in [5.41, 5.74) is 2.75. The van der Waals surface area contributed by atoms with E-state index in [2.05, 4.69) is 20.6 Å². The van der Waals surface area contributed by atoms with Gasteiger partial charge in [0.2, 0.25) is 5.91 Å². The van der Waals surface area contributed by atoms with Gasteiger partial charge in [0.15, 0.2) is 11.0 Å². The molecule has 1 aromatic carbocycles. The molecule has 3 rings (SSSR count). The first-order valence-electron chi connectivity index (χ1n) is 8.41. The van der Waals surface area contributed by atoms with Gasteiger partial charge >= 0.3 is 0 Å². The molecule has 27 heavy (non-hydrogen) atoms. The number of carbonyl (C=O) groups is 1. The summed E-state index contributed by atoms with van der Waals surface area (Å²) in [6, 6.07) is 6.40. The highest BCUT2D eigenvalue weighted by Crippen LogP contribution is 2.28. The Hall–Kier alpha value is -2.68. The third-order valence-corrected chi connectivity index (χ3v) is 5.49. The highest BCUT2D eigenvalue weighted by Gasteiger charge is 2.22. The van der Waals surface area contributed by atoms with Crippen LogP contribution in [0.5, 0.6) is 0 Å². The quantitative estimate of drug-likeness (QED) is 0.680. The molecule has 0 fully saturated rings. The van der Waals surface area contributed by atoms with Crippen LogP contribution in [0.15, 0.2) is 29.4 Å². The van der Waals surface area contributed by atoms with Crippen molar-refractivity contribution in [1.82, 2.24) is 24.5 Å². The second kappa shape index (κ2) is 7.51. The molecule has 1 N–H and O–H groups in total. The van der Waals surface area contributed by atoms with Crippen LogP contribution >= 0.6 is 11.8 Å². The molecule has 0 saturated carbocycles. The fourth-order valence-electron chi connectivity index (χ4n) is 2.69. The summed E-state index contributed by atoms with van der Waals surface area (Å²) >= 11 is 1.27. The summed E-state index contributed by atoms with van der Waals surface area (Å²) < 4.78 is 17.4. The molecule has 2 aromatic heterocycles. The summed E-state index contributed by atoms with van der Waals surface area (Å²) in [6.45, 7) is 5.54. The first-order valence-corrected chi connectivity index (χ1v) is 9.29. The molecule has 2 heterocycles. The van der Waals surface area contributed by atoms with Crippen LogP contribution in [-0.2, 0) is 18.9 Å². The van der Waals surface area contributed by atoms with Gasteiger partial charge < -0.3 is 9.88 Å². The number of halogens is 1. The summed E-state index contributed by atoms with van der Waals surface area (Å²) in [5.74, 6) is -0.102. The average molecular weight is 388 g/mol. The SMILES string of the molecule is Cc1nn(C)c(C)c1NC(=O)[C@H](C)Sc1nnc(-c2ccccc2F)n1C. The normalized spacial score (nSPS) is 12.2. The lowest BCUT2D eigenvalue weighted by atomic mass is 10.2. The topological polar surface area (TPSA) is 77.6 Å². The van der Waals surface area contributed by atoms with E-state index < -0.39 is 5.25 Å². The van der Waals surface area contributed by atoms with Gasteiger partial charge in [-0.3, -0.25) is 9.48 Å². The Morgan fingerprint density at radius 2 is 1.93 bits per heavy atom. The number of thioether (sulfide) groups is 1. The maximum Gasteiger partial charge on any atom is 0.237 e. The van der Waals surface area contributed by atoms with Crippen molar-refractivity contribution in [3.63, 3.8) is 0 Å². The van der Waals surface area contributed by atoms with Gasteiger partial charge in [0.25, 0.3) is 0 Å². The minimum atomic E-state index is -0.416. The smallest absolute Gasteiger partial charge is 0.237 e. The molecule has 0 aliphatic carbocycles. The fraction of sp³-hybridized carbons (Fsp3) is 0.333. The van der Waals surface area contributed by atoms with E-state index in [9.17, 15) is 9.18 Å². The summed E-state index contributed by atoms with van der Waals surface area (Å²) in [7, 11) is 3.59. The fourth-order valence-corrected chi connectivity index (χ4v) is 3.50. The van der Waals surface area contributed by atoms with E-state index in [1.807, 2.05) is 20.9 Å². The van der Waals surface area contributed by atoms with Crippen LogP contribution in [0.1, 0.15) is 18.3 Å². The minimum Gasteiger partial charge on any atom is -0.322 e. The van der Waals surface area contributed by atoms with Crippen molar-refractivity contribution in [2.45, 2.75) is 31.2 Å². The van der Waals surface area contributed by atoms with Crippen molar-refractivity contribution in [2.75, 3.05) is 5.32 Å². The number of amides is 1. The van der Waals surface area contributed by atoms with E-state index in [4.69, 9.17) is 0 Å². The van der Waals surface area contributed by atoms with E-state index >= 15 is 0 Å². The number of hydrogen-bond donors (Lipinski definition) is 1. The Bertz CT molecular complexity index is 996. The Kier molecular flexibility index (Phi) is 5.31. The second-order valence-corrected chi connectivity index (χ2v) is 7.57. The van der Waals surface area contributed by atoms with Crippen LogP contribution in [0.3, 0.4) is 0 Å². The first-order chi connectivity index (χ1) is 12.8. The number of aryl methyl sites for hydroxylation is 2. The maximum atomic E-state index is 14.0. The van der Waals surface area contributed by atoms with Crippen LogP contribution in [-0.4, -0.2) is 35.7 Å². The van der Waals surface area contributed by atoms with Gasteiger partial charge in [-0.25, -0.2) is 4.39 Å². The lowest BCUT2D eigenvalue weighted by molar-refractivity contribution is -0.115. The van der Waals surface area contributed by atoms with Crippen molar-refractivity contribution >= 4 is 23.4 Å². The number of carbonyl (C=O) groups excluding carboxylic acids is 1. The maximum absolute atomic E-state index is 14.0. The molecule has 0 unspecified atom stereocenters. The van der Waals surface area contributed by atoms with Gasteiger partial charge in [-0.2, -0.15) is 5.10 Å². The van der Waals surface area contributed by atoms with Gasteiger partial charge in [0.05, 0.1) is 27.9 Å². The number of nitrogens with one attached hydrogen (secondary N) is 1. The van der Waals surface area contributed by atoms with Gasteiger partial charge in [-0.05, 0) is 32.9 Å². The molecule has 0 radical (unpaired) electrons. The zero-order chi connectivity index (χ0) is 19.7. The van der Waals surface area contributed by atoms with E-state index in [0.29, 0.717) is 16.5 Å². The lowest BCUT2D eigenvalue weighted by Gasteiger charge is -2.12. The molecule has 0 bridgehead atoms. The van der Waals surface area contributed by atoms with E-state index in [1.165, 1.54) is 17.8 Å². The Morgan fingerprint density at radius 1 is 1.22 bits per heavy atom. The third kappa shape index (κ3) is 3.73. The van der Waals surface area contributed by atoms with Crippen LogP contribution < -0.4 is 5.32 Å². The molecule has 0 saturated heterocycles. The number of hydrogen-bond acceptors (Lipinski definition) is 5. The predicted molar refractivity (Wildman–Crippen MR) is 103 cm³/mol. The minimum absolute atomic E-state index is 0.158. The summed E-state index contributed by atoms with van der Waals surface area (Å²) in [5, 5.41) is 15.5. The van der Waals surface area contributed by atoms with Gasteiger partial charge in [-0.1, -0.05) is 23.9 Å².